The van der Waals surface area contributed by atoms with Gasteiger partial charge >= 0.3 is 0 Å². The number of quaternary nitrogens is 1. The lowest BCUT2D eigenvalue weighted by Crippen LogP contribution is -2.99. The van der Waals surface area contributed by atoms with Gasteiger partial charge in [-0.3, -0.25) is 4.79 Å². The molecule has 3 N–H and O–H groups in total. The maximum absolute atomic E-state index is 11.3. The molecule has 0 aliphatic carbocycles. The lowest BCUT2D eigenvalue weighted by atomic mass is 10.4. The van der Waals surface area contributed by atoms with Gasteiger partial charge in [0.2, 0.25) is 0 Å². The Kier molecular flexibility index (Phi) is 1.81. The maximum atomic E-state index is 11.3. The smallest absolute Gasteiger partial charge is 0.292 e. The van der Waals surface area contributed by atoms with Crippen LogP contribution in [0.25, 0.3) is 11.0 Å². The van der Waals surface area contributed by atoms with Crippen LogP contribution in [0, 0.1) is 5.21 Å². The number of H-pyrrole nitrogens is 1. The molecule has 8 heteroatoms. The average molecular weight is 197 g/mol. The summed E-state index contributed by atoms with van der Waals surface area (Å²) in [6.07, 6.45) is 1.21. The van der Waals surface area contributed by atoms with Crippen molar-refractivity contribution in [1.29, 1.82) is 0 Å². The monoisotopic (exact) mass is 197 g/mol. The summed E-state index contributed by atoms with van der Waals surface area (Å²) in [7, 11) is 1.53. The first kappa shape index (κ1) is 8.81. The van der Waals surface area contributed by atoms with Crippen molar-refractivity contribution >= 4 is 16.9 Å². The zero-order valence-corrected chi connectivity index (χ0v) is 7.18. The molecule has 8 nitrogen and oxygen atoms in total. The highest BCUT2D eigenvalue weighted by Crippen LogP contribution is 2.10. The van der Waals surface area contributed by atoms with Crippen LogP contribution in [0.5, 0.6) is 0 Å². The van der Waals surface area contributed by atoms with E-state index in [4.69, 9.17) is 5.21 Å². The van der Waals surface area contributed by atoms with Crippen LogP contribution in [0.3, 0.4) is 0 Å². The molecule has 0 radical (unpaired) electrons. The highest BCUT2D eigenvalue weighted by atomic mass is 16.8. The first-order valence-corrected chi connectivity index (χ1v) is 3.75. The van der Waals surface area contributed by atoms with E-state index in [1.54, 1.807) is 0 Å². The highest BCUT2D eigenvalue weighted by Gasteiger charge is 2.18. The number of nitrogens with one attached hydrogen (secondary N) is 2. The zero-order chi connectivity index (χ0) is 10.3. The largest absolute Gasteiger partial charge is 0.594 e. The maximum Gasteiger partial charge on any atom is 0.292 e. The SMILES string of the molecule is Cn1nc([NH+]([O-])O)c2c(=O)[nH]cnc21. The summed E-state index contributed by atoms with van der Waals surface area (Å²) in [6, 6.07) is 0. The molecule has 0 spiro atoms. The van der Waals surface area contributed by atoms with Crippen LogP contribution in [0.1, 0.15) is 0 Å². The fourth-order valence-corrected chi connectivity index (χ4v) is 1.25. The Bertz CT molecular complexity index is 528. The van der Waals surface area contributed by atoms with Crippen molar-refractivity contribution < 1.29 is 10.4 Å². The summed E-state index contributed by atoms with van der Waals surface area (Å²) < 4.78 is 1.26. The predicted octanol–water partition coefficient (Wildman–Crippen LogP) is -1.94. The van der Waals surface area contributed by atoms with Crippen LogP contribution < -0.4 is 10.8 Å². The molecule has 1 atom stereocenters. The summed E-state index contributed by atoms with van der Waals surface area (Å²) >= 11 is 0. The van der Waals surface area contributed by atoms with Gasteiger partial charge < -0.3 is 10.2 Å². The first-order valence-electron chi connectivity index (χ1n) is 3.75. The molecule has 74 valence electrons. The standard InChI is InChI=1S/C6H7N5O3/c1-10-4-3(5(9-10)11(13)14)6(12)8-2-7-4/h2,11,13H,1H3,(H,7,8,12). The minimum Gasteiger partial charge on any atom is -0.594 e. The normalized spacial score (nSPS) is 13.4. The van der Waals surface area contributed by atoms with Gasteiger partial charge in [-0.2, -0.15) is 5.23 Å². The van der Waals surface area contributed by atoms with Gasteiger partial charge in [0.25, 0.3) is 11.4 Å². The van der Waals surface area contributed by atoms with Crippen molar-refractivity contribution in [3.05, 3.63) is 21.9 Å². The second-order valence-electron chi connectivity index (χ2n) is 2.71. The van der Waals surface area contributed by atoms with Crippen molar-refractivity contribution in [3.63, 3.8) is 0 Å². The number of nitrogens with zero attached hydrogens (tertiary/aromatic N) is 3. The molecule has 0 aliphatic rings. The summed E-state index contributed by atoms with van der Waals surface area (Å²) in [5.74, 6) is -0.281. The van der Waals surface area contributed by atoms with Gasteiger partial charge in [0, 0.05) is 7.05 Å². The van der Waals surface area contributed by atoms with Crippen molar-refractivity contribution in [2.24, 2.45) is 7.05 Å². The molecule has 2 rings (SSSR count). The third-order valence-electron chi connectivity index (χ3n) is 1.83. The van der Waals surface area contributed by atoms with Crippen LogP contribution in [0.4, 0.5) is 5.82 Å². The molecule has 0 bridgehead atoms. The number of aryl methyl sites for hydroxylation is 1. The van der Waals surface area contributed by atoms with Crippen LogP contribution in [-0.4, -0.2) is 25.0 Å². The Morgan fingerprint density at radius 1 is 1.71 bits per heavy atom. The molecule has 0 saturated heterocycles. The van der Waals surface area contributed by atoms with E-state index in [1.165, 1.54) is 18.1 Å². The minimum atomic E-state index is -1.24. The van der Waals surface area contributed by atoms with Crippen LogP contribution in [0.2, 0.25) is 0 Å². The van der Waals surface area contributed by atoms with Crippen LogP contribution >= 0.6 is 0 Å². The van der Waals surface area contributed by atoms with E-state index in [1.807, 2.05) is 0 Å². The summed E-state index contributed by atoms with van der Waals surface area (Å²) in [5, 5.41) is 21.9. The highest BCUT2D eigenvalue weighted by molar-refractivity contribution is 5.82. The second-order valence-corrected chi connectivity index (χ2v) is 2.71. The van der Waals surface area contributed by atoms with E-state index >= 15 is 0 Å². The quantitative estimate of drug-likeness (QED) is 0.460. The Morgan fingerprint density at radius 3 is 3.07 bits per heavy atom. The van der Waals surface area contributed by atoms with Crippen LogP contribution in [0.15, 0.2) is 11.1 Å². The van der Waals surface area contributed by atoms with Gasteiger partial charge in [-0.1, -0.05) is 0 Å². The van der Waals surface area contributed by atoms with E-state index in [-0.39, 0.29) is 16.9 Å². The fraction of sp³-hybridized carbons (Fsp3) is 0.167. The molecule has 2 aromatic heterocycles. The lowest BCUT2D eigenvalue weighted by Gasteiger charge is -2.06. The summed E-state index contributed by atoms with van der Waals surface area (Å²) in [5.41, 5.74) is -0.244. The number of aromatic nitrogens is 4. The molecular formula is C6H7N5O3. The number of hydrogen-bond donors (Lipinski definition) is 3. The van der Waals surface area contributed by atoms with Gasteiger partial charge in [-0.25, -0.2) is 14.9 Å². The Labute approximate surface area is 76.9 Å². The zero-order valence-electron chi connectivity index (χ0n) is 7.18. The van der Waals surface area contributed by atoms with E-state index in [9.17, 15) is 10.0 Å². The number of hydrogen-bond acceptors (Lipinski definition) is 5. The van der Waals surface area contributed by atoms with Gasteiger partial charge in [-0.05, 0) is 0 Å². The molecule has 2 heterocycles. The first-order chi connectivity index (χ1) is 6.61. The van der Waals surface area contributed by atoms with E-state index in [0.717, 1.165) is 0 Å². The second kappa shape index (κ2) is 2.87. The van der Waals surface area contributed by atoms with E-state index < -0.39 is 10.8 Å². The fourth-order valence-electron chi connectivity index (χ4n) is 1.25. The molecule has 2 aromatic rings. The van der Waals surface area contributed by atoms with Gasteiger partial charge in [0.1, 0.15) is 0 Å². The molecule has 0 amide bonds. The minimum absolute atomic E-state index is 0.00231. The average Bonchev–Trinajstić information content (AvgIpc) is 2.46. The van der Waals surface area contributed by atoms with E-state index in [2.05, 4.69) is 15.1 Å². The molecule has 1 unspecified atom stereocenters. The number of fused-ring (bicyclic) bond motifs is 1. The van der Waals surface area contributed by atoms with Crippen molar-refractivity contribution in [1.82, 2.24) is 19.7 Å². The Hall–Kier alpha value is -1.77. The van der Waals surface area contributed by atoms with Crippen LogP contribution in [-0.2, 0) is 7.05 Å². The van der Waals surface area contributed by atoms with Gasteiger partial charge in [0.15, 0.2) is 11.0 Å². The topological polar surface area (TPSA) is 111 Å². The van der Waals surface area contributed by atoms with E-state index in [0.29, 0.717) is 0 Å². The molecule has 0 aliphatic heterocycles. The van der Waals surface area contributed by atoms with Crippen molar-refractivity contribution in [3.8, 4) is 0 Å². The molecule has 0 aromatic carbocycles. The van der Waals surface area contributed by atoms with Gasteiger partial charge in [-0.15, -0.1) is 5.10 Å². The summed E-state index contributed by atoms with van der Waals surface area (Å²) in [4.78, 5) is 17.4. The number of rotatable bonds is 1. The van der Waals surface area contributed by atoms with Gasteiger partial charge in [0.05, 0.1) is 6.33 Å². The molecule has 0 saturated carbocycles. The Balaban J connectivity index is 2.93. The third-order valence-corrected chi connectivity index (χ3v) is 1.83. The molecular weight excluding hydrogens is 190 g/mol. The van der Waals surface area contributed by atoms with Crippen molar-refractivity contribution in [2.45, 2.75) is 0 Å². The molecule has 0 fully saturated rings. The Morgan fingerprint density at radius 2 is 2.43 bits per heavy atom. The number of aromatic amines is 1. The lowest BCUT2D eigenvalue weighted by molar-refractivity contribution is -0.992. The predicted molar refractivity (Wildman–Crippen MR) is 44.9 cm³/mol. The molecule has 14 heavy (non-hydrogen) atoms. The summed E-state index contributed by atoms with van der Waals surface area (Å²) in [6.45, 7) is 0. The van der Waals surface area contributed by atoms with Crippen molar-refractivity contribution in [2.75, 3.05) is 0 Å². The third kappa shape index (κ3) is 1.09.